The zero-order valence-corrected chi connectivity index (χ0v) is 7.65. The molecule has 2 aliphatic carbocycles. The fourth-order valence-electron chi connectivity index (χ4n) is 3.10. The van der Waals surface area contributed by atoms with Crippen LogP contribution in [0.25, 0.3) is 0 Å². The van der Waals surface area contributed by atoms with E-state index >= 15 is 0 Å². The molecule has 0 heterocycles. The van der Waals surface area contributed by atoms with Gasteiger partial charge < -0.3 is 10.2 Å². The highest BCUT2D eigenvalue weighted by atomic mass is 16.4. The molecule has 13 heavy (non-hydrogen) atoms. The van der Waals surface area contributed by atoms with Crippen LogP contribution >= 0.6 is 0 Å². The van der Waals surface area contributed by atoms with Gasteiger partial charge in [-0.05, 0) is 37.0 Å². The van der Waals surface area contributed by atoms with E-state index in [0.29, 0.717) is 5.92 Å². The predicted molar refractivity (Wildman–Crippen MR) is 47.2 cm³/mol. The third kappa shape index (κ3) is 1.70. The zero-order valence-electron chi connectivity index (χ0n) is 7.65. The Hall–Kier alpha value is -0.570. The molecule has 2 bridgehead atoms. The van der Waals surface area contributed by atoms with Crippen LogP contribution < -0.4 is 0 Å². The van der Waals surface area contributed by atoms with Gasteiger partial charge in [0.25, 0.3) is 0 Å². The summed E-state index contributed by atoms with van der Waals surface area (Å²) in [5.41, 5.74) is 0. The average molecular weight is 184 g/mol. The number of carboxylic acid groups (broad SMARTS) is 1. The van der Waals surface area contributed by atoms with E-state index in [-0.39, 0.29) is 12.3 Å². The molecule has 2 N–H and O–H groups in total. The van der Waals surface area contributed by atoms with Gasteiger partial charge in [0, 0.05) is 0 Å². The molecule has 0 spiro atoms. The second kappa shape index (κ2) is 3.29. The maximum absolute atomic E-state index is 10.4. The Kier molecular flexibility index (Phi) is 2.28. The fourth-order valence-corrected chi connectivity index (χ4v) is 3.10. The average Bonchev–Trinajstić information content (AvgIpc) is 2.62. The number of fused-ring (bicyclic) bond motifs is 2. The number of aliphatic hydroxyl groups is 1. The van der Waals surface area contributed by atoms with Gasteiger partial charge in [0.05, 0.1) is 12.5 Å². The minimum Gasteiger partial charge on any atom is -0.481 e. The van der Waals surface area contributed by atoms with Gasteiger partial charge in [-0.25, -0.2) is 0 Å². The first kappa shape index (κ1) is 9.00. The van der Waals surface area contributed by atoms with Crippen molar-refractivity contribution in [1.29, 1.82) is 0 Å². The lowest BCUT2D eigenvalue weighted by atomic mass is 9.83. The van der Waals surface area contributed by atoms with Crippen LogP contribution in [0, 0.1) is 17.8 Å². The minimum absolute atomic E-state index is 0.0755. The van der Waals surface area contributed by atoms with Crippen molar-refractivity contribution in [1.82, 2.24) is 0 Å². The molecular formula is C10H16O3. The maximum Gasteiger partial charge on any atom is 0.305 e. The lowest BCUT2D eigenvalue weighted by Crippen LogP contribution is -2.27. The van der Waals surface area contributed by atoms with E-state index in [2.05, 4.69) is 0 Å². The van der Waals surface area contributed by atoms with Crippen LogP contribution in [0.1, 0.15) is 32.1 Å². The number of aliphatic hydroxyl groups excluding tert-OH is 1. The van der Waals surface area contributed by atoms with Crippen LogP contribution in [0.15, 0.2) is 0 Å². The van der Waals surface area contributed by atoms with E-state index in [1.54, 1.807) is 0 Å². The highest BCUT2D eigenvalue weighted by molar-refractivity contribution is 5.67. The second-order valence-corrected chi connectivity index (χ2v) is 4.50. The summed E-state index contributed by atoms with van der Waals surface area (Å²) in [5, 5.41) is 18.2. The van der Waals surface area contributed by atoms with Crippen molar-refractivity contribution in [3.05, 3.63) is 0 Å². The minimum atomic E-state index is -0.879. The first-order valence-electron chi connectivity index (χ1n) is 5.06. The van der Waals surface area contributed by atoms with Gasteiger partial charge in [-0.2, -0.15) is 0 Å². The number of rotatable bonds is 3. The molecule has 2 fully saturated rings. The van der Waals surface area contributed by atoms with Crippen molar-refractivity contribution in [2.24, 2.45) is 17.8 Å². The molecule has 0 amide bonds. The monoisotopic (exact) mass is 184 g/mol. The molecule has 0 aliphatic heterocycles. The lowest BCUT2D eigenvalue weighted by Gasteiger charge is -2.25. The van der Waals surface area contributed by atoms with Crippen LogP contribution in [-0.4, -0.2) is 22.3 Å². The summed E-state index contributed by atoms with van der Waals surface area (Å²) >= 11 is 0. The van der Waals surface area contributed by atoms with Gasteiger partial charge in [0.1, 0.15) is 0 Å². The van der Waals surface area contributed by atoms with Crippen LogP contribution in [0.5, 0.6) is 0 Å². The Bertz CT molecular complexity index is 214. The third-order valence-electron chi connectivity index (χ3n) is 3.67. The normalized spacial score (nSPS) is 39.3. The predicted octanol–water partition coefficient (Wildman–Crippen LogP) is 1.26. The molecule has 3 heteroatoms. The fraction of sp³-hybridized carbons (Fsp3) is 0.900. The van der Waals surface area contributed by atoms with Gasteiger partial charge in [-0.1, -0.05) is 6.42 Å². The van der Waals surface area contributed by atoms with E-state index in [9.17, 15) is 9.90 Å². The largest absolute Gasteiger partial charge is 0.481 e. The van der Waals surface area contributed by atoms with Gasteiger partial charge in [0.2, 0.25) is 0 Å². The molecular weight excluding hydrogens is 168 g/mol. The second-order valence-electron chi connectivity index (χ2n) is 4.50. The highest BCUT2D eigenvalue weighted by Crippen LogP contribution is 2.49. The molecule has 74 valence electrons. The third-order valence-corrected chi connectivity index (χ3v) is 3.67. The zero-order chi connectivity index (χ0) is 9.42. The summed E-state index contributed by atoms with van der Waals surface area (Å²) in [5.74, 6) is 0.780. The van der Waals surface area contributed by atoms with Crippen molar-refractivity contribution in [2.45, 2.75) is 38.2 Å². The van der Waals surface area contributed by atoms with Crippen molar-refractivity contribution < 1.29 is 15.0 Å². The Morgan fingerprint density at radius 3 is 2.62 bits per heavy atom. The first-order chi connectivity index (χ1) is 6.16. The molecule has 0 saturated heterocycles. The summed E-state index contributed by atoms with van der Waals surface area (Å²) in [6.07, 6.45) is 4.09. The topological polar surface area (TPSA) is 57.5 Å². The van der Waals surface area contributed by atoms with Gasteiger partial charge in [0.15, 0.2) is 0 Å². The van der Waals surface area contributed by atoms with E-state index in [4.69, 9.17) is 5.11 Å². The Balaban J connectivity index is 1.91. The summed E-state index contributed by atoms with van der Waals surface area (Å²) < 4.78 is 0. The van der Waals surface area contributed by atoms with E-state index in [1.165, 1.54) is 19.3 Å². The molecule has 4 atom stereocenters. The van der Waals surface area contributed by atoms with Crippen molar-refractivity contribution in [3.8, 4) is 0 Å². The van der Waals surface area contributed by atoms with Crippen molar-refractivity contribution in [3.63, 3.8) is 0 Å². The van der Waals surface area contributed by atoms with E-state index in [1.807, 2.05) is 0 Å². The number of hydrogen-bond donors (Lipinski definition) is 2. The van der Waals surface area contributed by atoms with E-state index < -0.39 is 12.1 Å². The Morgan fingerprint density at radius 1 is 1.38 bits per heavy atom. The molecule has 2 saturated carbocycles. The smallest absolute Gasteiger partial charge is 0.305 e. The summed E-state index contributed by atoms with van der Waals surface area (Å²) in [6, 6.07) is 0. The molecule has 0 radical (unpaired) electrons. The summed E-state index contributed by atoms with van der Waals surface area (Å²) in [4.78, 5) is 10.4. The number of aliphatic carboxylic acids is 1. The van der Waals surface area contributed by atoms with Gasteiger partial charge in [-0.3, -0.25) is 4.79 Å². The Morgan fingerprint density at radius 2 is 2.15 bits per heavy atom. The number of carbonyl (C=O) groups is 1. The molecule has 3 unspecified atom stereocenters. The lowest BCUT2D eigenvalue weighted by molar-refractivity contribution is -0.140. The van der Waals surface area contributed by atoms with Crippen LogP contribution in [0.4, 0.5) is 0 Å². The molecule has 0 aromatic rings. The quantitative estimate of drug-likeness (QED) is 0.694. The summed E-state index contributed by atoms with van der Waals surface area (Å²) in [7, 11) is 0. The SMILES string of the molecule is O=C(O)C[C@H](O)C1CC2CCC1C2. The molecule has 0 aromatic heterocycles. The number of carboxylic acids is 1. The van der Waals surface area contributed by atoms with Gasteiger partial charge >= 0.3 is 5.97 Å². The number of hydrogen-bond acceptors (Lipinski definition) is 2. The molecule has 2 rings (SSSR count). The van der Waals surface area contributed by atoms with Gasteiger partial charge in [-0.15, -0.1) is 0 Å². The van der Waals surface area contributed by atoms with Crippen LogP contribution in [0.2, 0.25) is 0 Å². The van der Waals surface area contributed by atoms with Crippen molar-refractivity contribution in [2.75, 3.05) is 0 Å². The van der Waals surface area contributed by atoms with E-state index in [0.717, 1.165) is 12.3 Å². The van der Waals surface area contributed by atoms with Crippen LogP contribution in [-0.2, 0) is 4.79 Å². The molecule has 0 aromatic carbocycles. The molecule has 2 aliphatic rings. The first-order valence-corrected chi connectivity index (χ1v) is 5.06. The molecule has 3 nitrogen and oxygen atoms in total. The maximum atomic E-state index is 10.4. The highest BCUT2D eigenvalue weighted by Gasteiger charge is 2.42. The van der Waals surface area contributed by atoms with Crippen molar-refractivity contribution >= 4 is 5.97 Å². The van der Waals surface area contributed by atoms with Crippen LogP contribution in [0.3, 0.4) is 0 Å². The standard InChI is InChI=1S/C10H16O3/c11-9(5-10(12)13)8-4-6-1-2-7(8)3-6/h6-9,11H,1-5H2,(H,12,13)/t6?,7?,8?,9-/m0/s1. The summed E-state index contributed by atoms with van der Waals surface area (Å²) in [6.45, 7) is 0. The Labute approximate surface area is 77.8 Å².